The number of amides is 2. The van der Waals surface area contributed by atoms with E-state index in [2.05, 4.69) is 10.3 Å². The molecule has 2 atom stereocenters. The van der Waals surface area contributed by atoms with Crippen LogP contribution in [0.4, 0.5) is 4.79 Å². The van der Waals surface area contributed by atoms with Gasteiger partial charge in [0, 0.05) is 0 Å². The van der Waals surface area contributed by atoms with Crippen LogP contribution in [0.25, 0.3) is 0 Å². The predicted molar refractivity (Wildman–Crippen MR) is 82.3 cm³/mol. The second kappa shape index (κ2) is 8.09. The predicted octanol–water partition coefficient (Wildman–Crippen LogP) is 1.02. The SMILES string of the molecule is CC(C)C(=O)OCC1(CCl)CCC(NC(=O)N=C(N)C=N)O1. The second-order valence-electron chi connectivity index (χ2n) is 5.35. The van der Waals surface area contributed by atoms with Gasteiger partial charge in [0.15, 0.2) is 0 Å². The first kappa shape index (κ1) is 18.4. The first-order valence-corrected chi connectivity index (χ1v) is 7.41. The third-order valence-corrected chi connectivity index (χ3v) is 3.60. The molecular weight excluding hydrogens is 312 g/mol. The van der Waals surface area contributed by atoms with Gasteiger partial charge in [0.1, 0.15) is 24.3 Å². The molecule has 0 spiro atoms. The van der Waals surface area contributed by atoms with Gasteiger partial charge in [-0.15, -0.1) is 11.6 Å². The number of esters is 1. The van der Waals surface area contributed by atoms with Crippen molar-refractivity contribution < 1.29 is 19.1 Å². The molecule has 1 rings (SSSR count). The molecule has 22 heavy (non-hydrogen) atoms. The zero-order chi connectivity index (χ0) is 16.8. The van der Waals surface area contributed by atoms with Gasteiger partial charge < -0.3 is 25.9 Å². The number of ether oxygens (including phenoxy) is 2. The Balaban J connectivity index is 2.55. The number of nitrogens with one attached hydrogen (secondary N) is 2. The number of hydrogen-bond acceptors (Lipinski definition) is 5. The third kappa shape index (κ3) is 5.27. The average Bonchev–Trinajstić information content (AvgIpc) is 2.88. The van der Waals surface area contributed by atoms with E-state index in [1.165, 1.54) is 0 Å². The molecule has 2 amide bonds. The highest BCUT2D eigenvalue weighted by molar-refractivity contribution is 6.29. The third-order valence-electron chi connectivity index (χ3n) is 3.11. The summed E-state index contributed by atoms with van der Waals surface area (Å²) in [5, 5.41) is 9.36. The van der Waals surface area contributed by atoms with Gasteiger partial charge in [0.25, 0.3) is 0 Å². The van der Waals surface area contributed by atoms with Crippen molar-refractivity contribution in [2.75, 3.05) is 12.5 Å². The molecule has 1 saturated heterocycles. The Morgan fingerprint density at radius 2 is 2.32 bits per heavy atom. The van der Waals surface area contributed by atoms with Crippen molar-refractivity contribution in [3.05, 3.63) is 0 Å². The van der Waals surface area contributed by atoms with Crippen LogP contribution in [0.15, 0.2) is 4.99 Å². The van der Waals surface area contributed by atoms with E-state index in [1.807, 2.05) is 0 Å². The van der Waals surface area contributed by atoms with Crippen molar-refractivity contribution in [2.45, 2.75) is 38.5 Å². The normalized spacial score (nSPS) is 25.1. The van der Waals surface area contributed by atoms with Gasteiger partial charge >= 0.3 is 12.0 Å². The summed E-state index contributed by atoms with van der Waals surface area (Å²) in [6.45, 7) is 3.51. The van der Waals surface area contributed by atoms with Crippen LogP contribution in [0.2, 0.25) is 0 Å². The Labute approximate surface area is 133 Å². The molecule has 0 aromatic carbocycles. The Morgan fingerprint density at radius 3 is 2.86 bits per heavy atom. The topological polar surface area (TPSA) is 127 Å². The second-order valence-corrected chi connectivity index (χ2v) is 5.62. The number of carbonyl (C=O) groups excluding carboxylic acids is 2. The Bertz CT molecular complexity index is 469. The number of alkyl halides is 1. The lowest BCUT2D eigenvalue weighted by Crippen LogP contribution is -2.42. The molecule has 8 nitrogen and oxygen atoms in total. The van der Waals surface area contributed by atoms with Gasteiger partial charge in [0.2, 0.25) is 0 Å². The van der Waals surface area contributed by atoms with E-state index in [1.54, 1.807) is 13.8 Å². The van der Waals surface area contributed by atoms with Crippen LogP contribution >= 0.6 is 11.6 Å². The summed E-state index contributed by atoms with van der Waals surface area (Å²) in [6.07, 6.45) is 1.23. The zero-order valence-electron chi connectivity index (χ0n) is 12.6. The van der Waals surface area contributed by atoms with E-state index < -0.39 is 17.9 Å². The van der Waals surface area contributed by atoms with Gasteiger partial charge in [0.05, 0.1) is 18.0 Å². The fourth-order valence-corrected chi connectivity index (χ4v) is 2.12. The molecule has 0 saturated carbocycles. The van der Waals surface area contributed by atoms with Crippen LogP contribution in [-0.4, -0.2) is 48.4 Å². The van der Waals surface area contributed by atoms with Crippen molar-refractivity contribution in [1.82, 2.24) is 5.32 Å². The highest BCUT2D eigenvalue weighted by atomic mass is 35.5. The highest BCUT2D eigenvalue weighted by Crippen LogP contribution is 2.31. The Hall–Kier alpha value is -1.67. The van der Waals surface area contributed by atoms with Gasteiger partial charge in [-0.2, -0.15) is 4.99 Å². The lowest BCUT2D eigenvalue weighted by atomic mass is 10.0. The summed E-state index contributed by atoms with van der Waals surface area (Å²) in [6, 6.07) is -0.699. The lowest BCUT2D eigenvalue weighted by Gasteiger charge is -2.27. The maximum atomic E-state index is 11.5. The molecule has 1 aliphatic rings. The van der Waals surface area contributed by atoms with Gasteiger partial charge in [-0.3, -0.25) is 4.79 Å². The monoisotopic (exact) mass is 332 g/mol. The Kier molecular flexibility index (Phi) is 6.76. The standard InChI is InChI=1S/C13H21ClN4O4/c1-8(2)11(19)21-7-13(6-14)4-3-10(22-13)18-12(20)17-9(16)5-15/h5,8,10,15H,3-4,6-7H2,1-2H3,(H3,16,17,18,20). The van der Waals surface area contributed by atoms with Crippen LogP contribution in [0.1, 0.15) is 26.7 Å². The summed E-state index contributed by atoms with van der Waals surface area (Å²) >= 11 is 5.93. The number of carbonyl (C=O) groups is 2. The van der Waals surface area contributed by atoms with Gasteiger partial charge in [-0.1, -0.05) is 13.8 Å². The largest absolute Gasteiger partial charge is 0.462 e. The summed E-state index contributed by atoms with van der Waals surface area (Å²) < 4.78 is 10.9. The molecule has 0 radical (unpaired) electrons. The molecule has 2 unspecified atom stereocenters. The van der Waals surface area contributed by atoms with Gasteiger partial charge in [-0.25, -0.2) is 4.79 Å². The summed E-state index contributed by atoms with van der Waals surface area (Å²) in [7, 11) is 0. The van der Waals surface area contributed by atoms with Crippen LogP contribution < -0.4 is 11.1 Å². The number of hydrogen-bond donors (Lipinski definition) is 3. The summed E-state index contributed by atoms with van der Waals surface area (Å²) in [5.74, 6) is -0.631. The molecule has 124 valence electrons. The minimum Gasteiger partial charge on any atom is -0.462 e. The van der Waals surface area contributed by atoms with Crippen LogP contribution in [0, 0.1) is 11.3 Å². The number of halogens is 1. The van der Waals surface area contributed by atoms with Crippen LogP contribution in [0.5, 0.6) is 0 Å². The highest BCUT2D eigenvalue weighted by Gasteiger charge is 2.41. The lowest BCUT2D eigenvalue weighted by molar-refractivity contribution is -0.157. The molecule has 0 bridgehead atoms. The van der Waals surface area contributed by atoms with Crippen molar-refractivity contribution >= 4 is 35.7 Å². The molecule has 0 aliphatic carbocycles. The Morgan fingerprint density at radius 1 is 1.64 bits per heavy atom. The number of nitrogens with zero attached hydrogens (tertiary/aromatic N) is 1. The molecule has 1 heterocycles. The number of aliphatic imine (C=N–C) groups is 1. The van der Waals surface area contributed by atoms with E-state index in [0.717, 1.165) is 6.21 Å². The van der Waals surface area contributed by atoms with E-state index in [9.17, 15) is 9.59 Å². The summed E-state index contributed by atoms with van der Waals surface area (Å²) in [5.41, 5.74) is 4.44. The molecule has 9 heteroatoms. The fraction of sp³-hybridized carbons (Fsp3) is 0.692. The molecular formula is C13H21ClN4O4. The molecule has 1 aliphatic heterocycles. The van der Waals surface area contributed by atoms with E-state index >= 15 is 0 Å². The molecule has 0 aromatic heterocycles. The first-order chi connectivity index (χ1) is 10.3. The maximum Gasteiger partial charge on any atom is 0.344 e. The van der Waals surface area contributed by atoms with Gasteiger partial charge in [-0.05, 0) is 12.8 Å². The molecule has 1 fully saturated rings. The van der Waals surface area contributed by atoms with Crippen LogP contribution in [-0.2, 0) is 14.3 Å². The van der Waals surface area contributed by atoms with Crippen molar-refractivity contribution in [2.24, 2.45) is 16.6 Å². The first-order valence-electron chi connectivity index (χ1n) is 6.87. The van der Waals surface area contributed by atoms with E-state index in [4.69, 9.17) is 32.2 Å². The smallest absolute Gasteiger partial charge is 0.344 e. The van der Waals surface area contributed by atoms with E-state index in [-0.39, 0.29) is 30.2 Å². The van der Waals surface area contributed by atoms with Crippen molar-refractivity contribution in [1.29, 1.82) is 5.41 Å². The average molecular weight is 333 g/mol. The fourth-order valence-electron chi connectivity index (χ4n) is 1.85. The number of rotatable bonds is 6. The number of urea groups is 1. The minimum absolute atomic E-state index is 0.0335. The molecule has 0 aromatic rings. The zero-order valence-corrected chi connectivity index (χ0v) is 13.4. The maximum absolute atomic E-state index is 11.5. The van der Waals surface area contributed by atoms with Crippen LogP contribution in [0.3, 0.4) is 0 Å². The van der Waals surface area contributed by atoms with Crippen molar-refractivity contribution in [3.8, 4) is 0 Å². The van der Waals surface area contributed by atoms with E-state index in [0.29, 0.717) is 12.8 Å². The number of amidine groups is 1. The molecule has 4 N–H and O–H groups in total. The van der Waals surface area contributed by atoms with Crippen molar-refractivity contribution in [3.63, 3.8) is 0 Å². The quantitative estimate of drug-likeness (QED) is 0.289. The number of nitrogens with two attached hydrogens (primary N) is 1. The summed E-state index contributed by atoms with van der Waals surface area (Å²) in [4.78, 5) is 26.5. The minimum atomic E-state index is -0.819.